The zero-order chi connectivity index (χ0) is 50.3. The summed E-state index contributed by atoms with van der Waals surface area (Å²) in [5.41, 5.74) is 12.2. The van der Waals surface area contributed by atoms with Crippen molar-refractivity contribution in [1.82, 2.24) is 19.6 Å². The zero-order valence-corrected chi connectivity index (χ0v) is 41.2. The maximum atomic E-state index is 13.1. The lowest BCUT2D eigenvalue weighted by atomic mass is 9.86. The van der Waals surface area contributed by atoms with Gasteiger partial charge in [-0.25, -0.2) is 0 Å². The van der Waals surface area contributed by atoms with Gasteiger partial charge in [-0.05, 0) is 186 Å². The summed E-state index contributed by atoms with van der Waals surface area (Å²) in [7, 11) is 0. The quantitative estimate of drug-likeness (QED) is 0.112. The molecular weight excluding hydrogens is 909 g/mol. The Kier molecular flexibility index (Phi) is 17.3. The number of nitrogens with zero attached hydrogens (tertiary/aromatic N) is 4. The second-order valence-corrected chi connectivity index (χ2v) is 19.3. The predicted octanol–water partition coefficient (Wildman–Crippen LogP) is 11.7. The molecule has 2 N–H and O–H groups in total. The molecule has 0 saturated carbocycles. The normalized spacial score (nSPS) is 21.0. The van der Waals surface area contributed by atoms with Crippen molar-refractivity contribution < 1.29 is 45.4 Å². The van der Waals surface area contributed by atoms with Gasteiger partial charge in [0.2, 0.25) is 0 Å². The fourth-order valence-corrected chi connectivity index (χ4v) is 10.8. The van der Waals surface area contributed by atoms with E-state index in [2.05, 4.69) is 68.7 Å². The van der Waals surface area contributed by atoms with Gasteiger partial charge in [0.1, 0.15) is 11.5 Å². The van der Waals surface area contributed by atoms with Crippen LogP contribution in [0.25, 0.3) is 0 Å². The molecule has 2 unspecified atom stereocenters. The van der Waals surface area contributed by atoms with Crippen LogP contribution in [0, 0.1) is 27.7 Å². The molecule has 4 aliphatic heterocycles. The highest BCUT2D eigenvalue weighted by molar-refractivity contribution is 5.95. The van der Waals surface area contributed by atoms with Crippen molar-refractivity contribution in [1.29, 1.82) is 0 Å². The van der Waals surface area contributed by atoms with Crippen molar-refractivity contribution in [2.45, 2.75) is 129 Å². The number of hydrogen-bond acceptors (Lipinski definition) is 7. The average Bonchev–Trinajstić information content (AvgIpc) is 3.35. The second kappa shape index (κ2) is 23.0. The third-order valence-electron chi connectivity index (χ3n) is 15.0. The third-order valence-corrected chi connectivity index (χ3v) is 15.0. The standard InChI is InChI=1S/C28H36F3N3O2.C27H33F3N2O2/c1-19-20(2)26(36-17-4-3-14-32)13-12-24(19)25-7-5-6-23-18-33(15-16-34(23)25)27(35)21-8-10-22(11-9-21)28(29,30)31;1-4-16-34-25-13-12-23(18(2)19(25)3)24-7-5-6-22-17-31(14-15-32(22)24)26(33)20-8-10-21(11-9-20)27(28,29)30/h8-13,23,25H,3-7,14-18,32H2,1-2H3;8-13,22,24H,4-7,14-17H2,1-3H3/t23-,25?;22-,24?/m00/s1. The molecule has 4 aromatic carbocycles. The number of nitrogens with two attached hydrogens (primary N) is 1. The average molecular weight is 978 g/mol. The van der Waals surface area contributed by atoms with Crippen LogP contribution in [-0.2, 0) is 12.4 Å². The maximum Gasteiger partial charge on any atom is 0.416 e. The molecule has 70 heavy (non-hydrogen) atoms. The topological polar surface area (TPSA) is 91.6 Å². The van der Waals surface area contributed by atoms with Crippen molar-refractivity contribution in [3.8, 4) is 11.5 Å². The van der Waals surface area contributed by atoms with Gasteiger partial charge in [0, 0.05) is 74.6 Å². The van der Waals surface area contributed by atoms with Crippen LogP contribution in [0.3, 0.4) is 0 Å². The number of unbranched alkanes of at least 4 members (excludes halogenated alkanes) is 1. The number of piperidine rings is 2. The molecular formula is C55H69F6N5O4. The number of benzene rings is 4. The Bertz CT molecular complexity index is 2410. The minimum absolute atomic E-state index is 0.194. The van der Waals surface area contributed by atoms with Crippen molar-refractivity contribution in [3.05, 3.63) is 128 Å². The largest absolute Gasteiger partial charge is 0.493 e. The summed E-state index contributed by atoms with van der Waals surface area (Å²) in [4.78, 5) is 34.7. The maximum absolute atomic E-state index is 13.1. The van der Waals surface area contributed by atoms with Crippen molar-refractivity contribution in [3.63, 3.8) is 0 Å². The van der Waals surface area contributed by atoms with Gasteiger partial charge in [-0.1, -0.05) is 19.1 Å². The Morgan fingerprint density at radius 2 is 0.971 bits per heavy atom. The Labute approximate surface area is 409 Å². The lowest BCUT2D eigenvalue weighted by Gasteiger charge is -2.49. The minimum atomic E-state index is -4.41. The fraction of sp³-hybridized carbons (Fsp3) is 0.527. The van der Waals surface area contributed by atoms with E-state index in [-0.39, 0.29) is 29.9 Å². The monoisotopic (exact) mass is 978 g/mol. The molecule has 4 aromatic rings. The van der Waals surface area contributed by atoms with E-state index in [0.717, 1.165) is 107 Å². The summed E-state index contributed by atoms with van der Waals surface area (Å²) in [6.45, 7) is 16.5. The summed E-state index contributed by atoms with van der Waals surface area (Å²) in [5, 5.41) is 0. The number of halogens is 6. The highest BCUT2D eigenvalue weighted by atomic mass is 19.4. The molecule has 4 fully saturated rings. The number of amides is 2. The smallest absolute Gasteiger partial charge is 0.416 e. The Balaban J connectivity index is 0.000000207. The number of hydrogen-bond donors (Lipinski definition) is 1. The van der Waals surface area contributed by atoms with Crippen LogP contribution in [0.4, 0.5) is 26.3 Å². The molecule has 0 aliphatic carbocycles. The molecule has 4 saturated heterocycles. The predicted molar refractivity (Wildman–Crippen MR) is 260 cm³/mol. The van der Waals surface area contributed by atoms with Gasteiger partial charge in [0.05, 0.1) is 24.3 Å². The number of alkyl halides is 6. The summed E-state index contributed by atoms with van der Waals surface area (Å²) in [6, 6.07) is 18.7. The Hall–Kier alpha value is -5.12. The number of carbonyl (C=O) groups is 2. The number of fused-ring (bicyclic) bond motifs is 2. The van der Waals surface area contributed by atoms with Gasteiger partial charge in [-0.15, -0.1) is 0 Å². The molecule has 4 aliphatic rings. The summed E-state index contributed by atoms with van der Waals surface area (Å²) >= 11 is 0. The highest BCUT2D eigenvalue weighted by Gasteiger charge is 2.40. The van der Waals surface area contributed by atoms with Gasteiger partial charge in [0.15, 0.2) is 0 Å². The first kappa shape index (κ1) is 52.7. The van der Waals surface area contributed by atoms with Crippen LogP contribution >= 0.6 is 0 Å². The highest BCUT2D eigenvalue weighted by Crippen LogP contribution is 2.42. The summed E-state index contributed by atoms with van der Waals surface area (Å²) in [6.07, 6.45) is 0.390. The van der Waals surface area contributed by atoms with E-state index in [1.165, 1.54) is 57.6 Å². The van der Waals surface area contributed by atoms with Crippen LogP contribution in [0.5, 0.6) is 11.5 Å². The molecule has 8 rings (SSSR count). The minimum Gasteiger partial charge on any atom is -0.493 e. The summed E-state index contributed by atoms with van der Waals surface area (Å²) in [5.74, 6) is 1.48. The van der Waals surface area contributed by atoms with E-state index in [1.807, 2.05) is 0 Å². The number of rotatable bonds is 12. The molecule has 0 bridgehead atoms. The van der Waals surface area contributed by atoms with Crippen molar-refractivity contribution in [2.24, 2.45) is 5.73 Å². The lowest BCUT2D eigenvalue weighted by molar-refractivity contribution is -0.138. The first-order valence-electron chi connectivity index (χ1n) is 25.0. The van der Waals surface area contributed by atoms with E-state index in [0.29, 0.717) is 63.1 Å². The number of carbonyl (C=O) groups excluding carboxylic acids is 2. The van der Waals surface area contributed by atoms with Gasteiger partial charge < -0.3 is 25.0 Å². The van der Waals surface area contributed by atoms with Crippen molar-refractivity contribution in [2.75, 3.05) is 59.0 Å². The lowest BCUT2D eigenvalue weighted by Crippen LogP contribution is -2.57. The molecule has 4 heterocycles. The number of piperazine rings is 2. The molecule has 4 atom stereocenters. The van der Waals surface area contributed by atoms with Crippen LogP contribution in [0.15, 0.2) is 72.8 Å². The van der Waals surface area contributed by atoms with Crippen LogP contribution in [0.2, 0.25) is 0 Å². The van der Waals surface area contributed by atoms with E-state index >= 15 is 0 Å². The van der Waals surface area contributed by atoms with Crippen LogP contribution in [0.1, 0.15) is 142 Å². The Morgan fingerprint density at radius 3 is 1.36 bits per heavy atom. The molecule has 15 heteroatoms. The molecule has 380 valence electrons. The molecule has 2 amide bonds. The molecule has 0 spiro atoms. The zero-order valence-electron chi connectivity index (χ0n) is 41.2. The van der Waals surface area contributed by atoms with Gasteiger partial charge >= 0.3 is 12.4 Å². The third kappa shape index (κ3) is 12.1. The van der Waals surface area contributed by atoms with Crippen LogP contribution in [-0.4, -0.2) is 103 Å². The second-order valence-electron chi connectivity index (χ2n) is 19.3. The van der Waals surface area contributed by atoms with E-state index in [4.69, 9.17) is 15.2 Å². The first-order chi connectivity index (χ1) is 33.4. The van der Waals surface area contributed by atoms with E-state index in [9.17, 15) is 35.9 Å². The fourth-order valence-electron chi connectivity index (χ4n) is 10.8. The SMILES string of the molecule is CCCOc1ccc(C2CCC[C@H]3CN(C(=O)c4ccc(C(F)(F)F)cc4)CCN23)c(C)c1C.Cc1c(OCCCCN)ccc(C2CCC[C@H]3CN(C(=O)c4ccc(C(F)(F)F)cc4)CCN23)c1C. The molecule has 0 radical (unpaired) electrons. The molecule has 9 nitrogen and oxygen atoms in total. The molecule has 0 aromatic heterocycles. The van der Waals surface area contributed by atoms with E-state index in [1.54, 1.807) is 9.80 Å². The van der Waals surface area contributed by atoms with Gasteiger partial charge in [-0.3, -0.25) is 19.4 Å². The van der Waals surface area contributed by atoms with Crippen molar-refractivity contribution >= 4 is 11.8 Å². The van der Waals surface area contributed by atoms with E-state index < -0.39 is 23.5 Å². The first-order valence-corrected chi connectivity index (χ1v) is 25.0. The Morgan fingerprint density at radius 1 is 0.557 bits per heavy atom. The van der Waals surface area contributed by atoms with Gasteiger partial charge in [-0.2, -0.15) is 26.3 Å². The van der Waals surface area contributed by atoms with Crippen LogP contribution < -0.4 is 15.2 Å². The summed E-state index contributed by atoms with van der Waals surface area (Å²) < 4.78 is 89.1. The van der Waals surface area contributed by atoms with Gasteiger partial charge in [0.25, 0.3) is 11.8 Å². The number of ether oxygens (including phenoxy) is 2.